The molecule has 0 spiro atoms. The van der Waals surface area contributed by atoms with Crippen LogP contribution in [0.3, 0.4) is 0 Å². The lowest BCUT2D eigenvalue weighted by Gasteiger charge is -2.23. The molecule has 134 valence electrons. The number of amides is 1. The summed E-state index contributed by atoms with van der Waals surface area (Å²) in [7, 11) is -2.16. The van der Waals surface area contributed by atoms with Crippen LogP contribution in [-0.2, 0) is 10.0 Å². The minimum absolute atomic E-state index is 0.0340. The third-order valence-electron chi connectivity index (χ3n) is 3.47. The zero-order valence-electron chi connectivity index (χ0n) is 13.9. The summed E-state index contributed by atoms with van der Waals surface area (Å²) in [6, 6.07) is 12.1. The Bertz CT molecular complexity index is 838. The van der Waals surface area contributed by atoms with Gasteiger partial charge in [0.1, 0.15) is 11.6 Å². The van der Waals surface area contributed by atoms with Gasteiger partial charge in [0.2, 0.25) is 10.0 Å². The van der Waals surface area contributed by atoms with Gasteiger partial charge in [-0.1, -0.05) is 12.1 Å². The molecule has 2 aromatic rings. The molecule has 0 bridgehead atoms. The van der Waals surface area contributed by atoms with E-state index in [1.807, 2.05) is 0 Å². The first kappa shape index (κ1) is 18.7. The van der Waals surface area contributed by atoms with Gasteiger partial charge in [0.25, 0.3) is 5.91 Å². The Morgan fingerprint density at radius 2 is 1.80 bits per heavy atom. The summed E-state index contributed by atoms with van der Waals surface area (Å²) in [5.74, 6) is -0.376. The molecule has 0 saturated heterocycles. The smallest absolute Gasteiger partial charge is 0.251 e. The molecule has 0 aliphatic rings. The second kappa shape index (κ2) is 7.98. The standard InChI is InChI=1S/C17H19FN2O4S/c1-24-14-9-7-13(8-10-14)17(21)19-11-12-20(25(2,22)23)16-6-4-3-5-15(16)18/h3-10H,11-12H2,1-2H3,(H,19,21). The first-order valence-corrected chi connectivity index (χ1v) is 9.32. The van der Waals surface area contributed by atoms with Crippen LogP contribution in [0.5, 0.6) is 5.75 Å². The Kier molecular flexibility index (Phi) is 5.97. The fourth-order valence-electron chi connectivity index (χ4n) is 2.23. The molecule has 25 heavy (non-hydrogen) atoms. The highest BCUT2D eigenvalue weighted by molar-refractivity contribution is 7.92. The average molecular weight is 366 g/mol. The molecule has 6 nitrogen and oxygen atoms in total. The Balaban J connectivity index is 2.04. The number of hydrogen-bond donors (Lipinski definition) is 1. The van der Waals surface area contributed by atoms with Gasteiger partial charge in [0.15, 0.2) is 0 Å². The largest absolute Gasteiger partial charge is 0.497 e. The number of methoxy groups -OCH3 is 1. The lowest BCUT2D eigenvalue weighted by molar-refractivity contribution is 0.0955. The van der Waals surface area contributed by atoms with Crippen LogP contribution in [0.15, 0.2) is 48.5 Å². The number of halogens is 1. The number of sulfonamides is 1. The third-order valence-corrected chi connectivity index (χ3v) is 4.65. The van der Waals surface area contributed by atoms with Gasteiger partial charge in [-0.25, -0.2) is 12.8 Å². The minimum atomic E-state index is -3.69. The molecule has 8 heteroatoms. The monoisotopic (exact) mass is 366 g/mol. The summed E-state index contributed by atoms with van der Waals surface area (Å²) in [5, 5.41) is 2.62. The predicted octanol–water partition coefficient (Wildman–Crippen LogP) is 2.03. The zero-order valence-corrected chi connectivity index (χ0v) is 14.7. The van der Waals surface area contributed by atoms with E-state index in [1.165, 1.54) is 25.3 Å². The van der Waals surface area contributed by atoms with Crippen molar-refractivity contribution in [2.75, 3.05) is 30.8 Å². The van der Waals surface area contributed by atoms with E-state index in [0.717, 1.165) is 10.6 Å². The summed E-state index contributed by atoms with van der Waals surface area (Å²) in [6.45, 7) is -0.0477. The number of para-hydroxylation sites is 1. The Morgan fingerprint density at radius 1 is 1.16 bits per heavy atom. The molecular weight excluding hydrogens is 347 g/mol. The molecule has 1 amide bonds. The predicted molar refractivity (Wildman–Crippen MR) is 93.9 cm³/mol. The maximum Gasteiger partial charge on any atom is 0.251 e. The van der Waals surface area contributed by atoms with E-state index < -0.39 is 15.8 Å². The average Bonchev–Trinajstić information content (AvgIpc) is 2.58. The molecule has 0 saturated carbocycles. The van der Waals surface area contributed by atoms with Crippen LogP contribution < -0.4 is 14.4 Å². The maximum atomic E-state index is 13.9. The van der Waals surface area contributed by atoms with Crippen LogP contribution in [0.2, 0.25) is 0 Å². The molecule has 2 aromatic carbocycles. The molecule has 1 N–H and O–H groups in total. The first-order chi connectivity index (χ1) is 11.8. The highest BCUT2D eigenvalue weighted by Crippen LogP contribution is 2.20. The zero-order chi connectivity index (χ0) is 18.4. The van der Waals surface area contributed by atoms with Gasteiger partial charge < -0.3 is 10.1 Å². The number of ether oxygens (including phenoxy) is 1. The van der Waals surface area contributed by atoms with E-state index in [9.17, 15) is 17.6 Å². The van der Waals surface area contributed by atoms with Crippen molar-refractivity contribution in [3.63, 3.8) is 0 Å². The van der Waals surface area contributed by atoms with Crippen LogP contribution in [0.4, 0.5) is 10.1 Å². The Morgan fingerprint density at radius 3 is 2.36 bits per heavy atom. The van der Waals surface area contributed by atoms with Crippen LogP contribution in [0.1, 0.15) is 10.4 Å². The lowest BCUT2D eigenvalue weighted by Crippen LogP contribution is -2.38. The van der Waals surface area contributed by atoms with E-state index in [-0.39, 0.29) is 24.7 Å². The van der Waals surface area contributed by atoms with E-state index in [1.54, 1.807) is 30.3 Å². The van der Waals surface area contributed by atoms with Crippen molar-refractivity contribution in [3.8, 4) is 5.75 Å². The minimum Gasteiger partial charge on any atom is -0.497 e. The van der Waals surface area contributed by atoms with E-state index in [2.05, 4.69) is 5.32 Å². The summed E-state index contributed by atoms with van der Waals surface area (Å²) < 4.78 is 43.7. The molecule has 0 atom stereocenters. The SMILES string of the molecule is COc1ccc(C(=O)NCCN(c2ccccc2F)S(C)(=O)=O)cc1. The second-order valence-corrected chi connectivity index (χ2v) is 7.18. The van der Waals surface area contributed by atoms with Crippen molar-refractivity contribution in [1.82, 2.24) is 5.32 Å². The van der Waals surface area contributed by atoms with Gasteiger partial charge in [0.05, 0.1) is 25.6 Å². The number of nitrogens with zero attached hydrogens (tertiary/aromatic N) is 1. The normalized spacial score (nSPS) is 11.0. The van der Waals surface area contributed by atoms with Crippen molar-refractivity contribution in [2.24, 2.45) is 0 Å². The second-order valence-electron chi connectivity index (χ2n) is 5.27. The molecule has 0 heterocycles. The molecule has 0 aliphatic heterocycles. The number of carbonyl (C=O) groups is 1. The molecule has 2 rings (SSSR count). The van der Waals surface area contributed by atoms with Crippen LogP contribution in [-0.4, -0.2) is 40.8 Å². The van der Waals surface area contributed by atoms with Crippen molar-refractivity contribution >= 4 is 21.6 Å². The fourth-order valence-corrected chi connectivity index (χ4v) is 3.16. The quantitative estimate of drug-likeness (QED) is 0.814. The molecule has 0 radical (unpaired) electrons. The van der Waals surface area contributed by atoms with Crippen molar-refractivity contribution < 1.29 is 22.3 Å². The molecule has 0 aliphatic carbocycles. The number of benzene rings is 2. The Labute approximate surface area is 146 Å². The third kappa shape index (κ3) is 4.93. The van der Waals surface area contributed by atoms with Gasteiger partial charge in [-0.2, -0.15) is 0 Å². The molecule has 0 aromatic heterocycles. The summed E-state index contributed by atoms with van der Waals surface area (Å²) in [5.41, 5.74) is 0.362. The number of hydrogen-bond acceptors (Lipinski definition) is 4. The first-order valence-electron chi connectivity index (χ1n) is 7.47. The fraction of sp³-hybridized carbons (Fsp3) is 0.235. The highest BCUT2D eigenvalue weighted by atomic mass is 32.2. The van der Waals surface area contributed by atoms with E-state index in [4.69, 9.17) is 4.74 Å². The molecular formula is C17H19FN2O4S. The molecule has 0 unspecified atom stereocenters. The van der Waals surface area contributed by atoms with Gasteiger partial charge in [-0.15, -0.1) is 0 Å². The number of nitrogens with one attached hydrogen (secondary N) is 1. The summed E-state index contributed by atoms with van der Waals surface area (Å²) in [6.07, 6.45) is 0.991. The van der Waals surface area contributed by atoms with Crippen LogP contribution in [0, 0.1) is 5.82 Å². The number of anilines is 1. The van der Waals surface area contributed by atoms with Gasteiger partial charge in [-0.3, -0.25) is 9.10 Å². The Hall–Kier alpha value is -2.61. The molecule has 0 fully saturated rings. The topological polar surface area (TPSA) is 75.7 Å². The number of carbonyl (C=O) groups excluding carboxylic acids is 1. The summed E-state index contributed by atoms with van der Waals surface area (Å²) >= 11 is 0. The number of rotatable bonds is 7. The van der Waals surface area contributed by atoms with E-state index >= 15 is 0 Å². The van der Waals surface area contributed by atoms with E-state index in [0.29, 0.717) is 11.3 Å². The summed E-state index contributed by atoms with van der Waals surface area (Å²) in [4.78, 5) is 12.1. The van der Waals surface area contributed by atoms with Gasteiger partial charge >= 0.3 is 0 Å². The lowest BCUT2D eigenvalue weighted by atomic mass is 10.2. The maximum absolute atomic E-state index is 13.9. The van der Waals surface area contributed by atoms with Crippen molar-refractivity contribution in [3.05, 3.63) is 59.9 Å². The van der Waals surface area contributed by atoms with Gasteiger partial charge in [-0.05, 0) is 36.4 Å². The van der Waals surface area contributed by atoms with Crippen LogP contribution in [0.25, 0.3) is 0 Å². The van der Waals surface area contributed by atoms with Gasteiger partial charge in [0, 0.05) is 12.1 Å². The van der Waals surface area contributed by atoms with Crippen LogP contribution >= 0.6 is 0 Å². The van der Waals surface area contributed by atoms with Crippen molar-refractivity contribution in [1.29, 1.82) is 0 Å². The van der Waals surface area contributed by atoms with Crippen molar-refractivity contribution in [2.45, 2.75) is 0 Å². The highest BCUT2D eigenvalue weighted by Gasteiger charge is 2.20.